The molecule has 4 aromatic rings. The molecule has 5 rings (SSSR count). The Balaban J connectivity index is 1.34. The third-order valence-corrected chi connectivity index (χ3v) is 7.80. The molecule has 42 heavy (non-hydrogen) atoms. The second-order valence-electron chi connectivity index (χ2n) is 10.6. The van der Waals surface area contributed by atoms with Gasteiger partial charge in [-0.1, -0.05) is 36.7 Å². The molecule has 0 saturated carbocycles. The maximum absolute atomic E-state index is 13.3. The summed E-state index contributed by atoms with van der Waals surface area (Å²) in [6.07, 6.45) is 4.38. The zero-order chi connectivity index (χ0) is 29.6. The van der Waals surface area contributed by atoms with Crippen LogP contribution in [0.25, 0.3) is 11.0 Å². The third kappa shape index (κ3) is 6.49. The Hall–Kier alpha value is -4.18. The molecular formula is C32H37BN6O3. The number of nitrogens with one attached hydrogen (secondary N) is 3. The van der Waals surface area contributed by atoms with E-state index < -0.39 is 0 Å². The summed E-state index contributed by atoms with van der Waals surface area (Å²) in [5.41, 5.74) is 7.13. The van der Waals surface area contributed by atoms with Crippen LogP contribution in [0.3, 0.4) is 0 Å². The first kappa shape index (κ1) is 29.3. The first-order valence-electron chi connectivity index (χ1n) is 14.6. The highest BCUT2D eigenvalue weighted by atomic mass is 16.5. The first-order chi connectivity index (χ1) is 20.4. The summed E-state index contributed by atoms with van der Waals surface area (Å²) in [5, 5.41) is 15.2. The summed E-state index contributed by atoms with van der Waals surface area (Å²) in [7, 11) is 5.90. The van der Waals surface area contributed by atoms with E-state index in [1.54, 1.807) is 24.3 Å². The van der Waals surface area contributed by atoms with E-state index in [4.69, 9.17) is 17.6 Å². The molecule has 10 heteroatoms. The van der Waals surface area contributed by atoms with Crippen molar-refractivity contribution in [3.8, 4) is 0 Å². The molecule has 2 amide bonds. The standard InChI is InChI=1S/C32H37BN6O3/c1-4-28-26(29(37-25-11-13-42-14-12-25)27-19-36-39(5-2)30(27)38-28)18-35-32(41)22-8-6-7-21(15-22)31(40)34-17-23-16-24(33)10-9-20(23)3/h6-10,15-16,19,25H,4-5,11-14,17-18H2,1-3H3,(H,34,40)(H,35,41)(H,37,38). The number of pyridine rings is 1. The highest BCUT2D eigenvalue weighted by Crippen LogP contribution is 2.31. The number of carbonyl (C=O) groups excluding carboxylic acids is 2. The Bertz CT molecular complexity index is 1590. The number of fused-ring (bicyclic) bond motifs is 1. The predicted molar refractivity (Wildman–Crippen MR) is 165 cm³/mol. The number of aryl methyl sites for hydroxylation is 3. The molecule has 0 atom stereocenters. The Morgan fingerprint density at radius 1 is 1.02 bits per heavy atom. The monoisotopic (exact) mass is 564 g/mol. The van der Waals surface area contributed by atoms with Crippen molar-refractivity contribution in [3.63, 3.8) is 0 Å². The van der Waals surface area contributed by atoms with Crippen LogP contribution in [0.5, 0.6) is 0 Å². The van der Waals surface area contributed by atoms with Gasteiger partial charge in [0, 0.05) is 61.3 Å². The number of ether oxygens (including phenoxy) is 1. The lowest BCUT2D eigenvalue weighted by Gasteiger charge is -2.26. The Labute approximate surface area is 247 Å². The molecule has 3 heterocycles. The van der Waals surface area contributed by atoms with Gasteiger partial charge >= 0.3 is 0 Å². The summed E-state index contributed by atoms with van der Waals surface area (Å²) in [4.78, 5) is 31.2. The fourth-order valence-electron chi connectivity index (χ4n) is 5.33. The topological polar surface area (TPSA) is 110 Å². The fourth-order valence-corrected chi connectivity index (χ4v) is 5.33. The number of benzene rings is 2. The maximum atomic E-state index is 13.3. The largest absolute Gasteiger partial charge is 0.381 e. The van der Waals surface area contributed by atoms with Gasteiger partial charge in [0.15, 0.2) is 5.65 Å². The molecule has 1 aliphatic heterocycles. The molecule has 216 valence electrons. The summed E-state index contributed by atoms with van der Waals surface area (Å²) in [5.74, 6) is -0.523. The highest BCUT2D eigenvalue weighted by Gasteiger charge is 2.22. The second-order valence-corrected chi connectivity index (χ2v) is 10.6. The Kier molecular flexibility index (Phi) is 9.22. The molecule has 0 aliphatic carbocycles. The van der Waals surface area contributed by atoms with Gasteiger partial charge < -0.3 is 20.7 Å². The van der Waals surface area contributed by atoms with Crippen LogP contribution in [-0.2, 0) is 30.8 Å². The van der Waals surface area contributed by atoms with Crippen LogP contribution >= 0.6 is 0 Å². The molecule has 1 fully saturated rings. The Morgan fingerprint density at radius 3 is 2.43 bits per heavy atom. The van der Waals surface area contributed by atoms with E-state index in [9.17, 15) is 9.59 Å². The predicted octanol–water partition coefficient (Wildman–Crippen LogP) is 3.57. The number of anilines is 1. The van der Waals surface area contributed by atoms with Crippen LogP contribution in [0.4, 0.5) is 5.69 Å². The number of rotatable bonds is 10. The molecule has 0 unspecified atom stereocenters. The van der Waals surface area contributed by atoms with Gasteiger partial charge in [0.05, 0.1) is 17.3 Å². The normalized spacial score (nSPS) is 13.7. The highest BCUT2D eigenvalue weighted by molar-refractivity contribution is 6.32. The van der Waals surface area contributed by atoms with Crippen molar-refractivity contribution in [2.24, 2.45) is 0 Å². The molecule has 0 spiro atoms. The molecule has 9 nitrogen and oxygen atoms in total. The smallest absolute Gasteiger partial charge is 0.251 e. The summed E-state index contributed by atoms with van der Waals surface area (Å²) < 4.78 is 7.46. The number of amides is 2. The molecule has 1 saturated heterocycles. The summed E-state index contributed by atoms with van der Waals surface area (Å²) in [6.45, 7) is 8.88. The van der Waals surface area contributed by atoms with E-state index in [1.165, 1.54) is 0 Å². The van der Waals surface area contributed by atoms with Gasteiger partial charge in [-0.3, -0.25) is 9.59 Å². The van der Waals surface area contributed by atoms with E-state index in [1.807, 2.05) is 42.9 Å². The minimum absolute atomic E-state index is 0.259. The number of aromatic nitrogens is 3. The van der Waals surface area contributed by atoms with E-state index in [-0.39, 0.29) is 17.9 Å². The Morgan fingerprint density at radius 2 is 1.74 bits per heavy atom. The van der Waals surface area contributed by atoms with Gasteiger partial charge in [0.25, 0.3) is 11.8 Å². The van der Waals surface area contributed by atoms with Crippen molar-refractivity contribution in [2.45, 2.75) is 65.7 Å². The minimum Gasteiger partial charge on any atom is -0.381 e. The van der Waals surface area contributed by atoms with Gasteiger partial charge in [-0.2, -0.15) is 5.10 Å². The summed E-state index contributed by atoms with van der Waals surface area (Å²) >= 11 is 0. The third-order valence-electron chi connectivity index (χ3n) is 7.80. The van der Waals surface area contributed by atoms with Gasteiger partial charge in [0.2, 0.25) is 0 Å². The van der Waals surface area contributed by atoms with Crippen molar-refractivity contribution < 1.29 is 14.3 Å². The molecule has 3 N–H and O–H groups in total. The maximum Gasteiger partial charge on any atom is 0.251 e. The second kappa shape index (κ2) is 13.2. The lowest BCUT2D eigenvalue weighted by atomic mass is 9.92. The number of hydrogen-bond donors (Lipinski definition) is 3. The van der Waals surface area contributed by atoms with Crippen molar-refractivity contribution in [3.05, 3.63) is 82.2 Å². The van der Waals surface area contributed by atoms with Crippen molar-refractivity contribution in [1.29, 1.82) is 0 Å². The van der Waals surface area contributed by atoms with Crippen LogP contribution in [-0.4, -0.2) is 53.7 Å². The van der Waals surface area contributed by atoms with E-state index in [0.29, 0.717) is 36.1 Å². The average molecular weight is 564 g/mol. The summed E-state index contributed by atoms with van der Waals surface area (Å²) in [6, 6.07) is 12.6. The minimum atomic E-state index is -0.264. The SMILES string of the molecule is [B]c1ccc(C)c(CNC(=O)c2cccc(C(=O)NCc3c(CC)nc4c(cnn4CC)c3NC3CCOCC3)c2)c1. The van der Waals surface area contributed by atoms with E-state index >= 15 is 0 Å². The van der Waals surface area contributed by atoms with Crippen LogP contribution in [0.2, 0.25) is 0 Å². The molecule has 2 radical (unpaired) electrons. The van der Waals surface area contributed by atoms with Crippen molar-refractivity contribution in [1.82, 2.24) is 25.4 Å². The zero-order valence-corrected chi connectivity index (χ0v) is 24.5. The molecular weight excluding hydrogens is 527 g/mol. The zero-order valence-electron chi connectivity index (χ0n) is 24.5. The molecule has 0 bridgehead atoms. The van der Waals surface area contributed by atoms with E-state index in [2.05, 4.69) is 28.0 Å². The number of hydrogen-bond acceptors (Lipinski definition) is 6. The van der Waals surface area contributed by atoms with Crippen LogP contribution < -0.4 is 21.4 Å². The lowest BCUT2D eigenvalue weighted by molar-refractivity contribution is 0.0904. The quantitative estimate of drug-likeness (QED) is 0.254. The first-order valence-corrected chi connectivity index (χ1v) is 14.6. The average Bonchev–Trinajstić information content (AvgIpc) is 3.44. The van der Waals surface area contributed by atoms with Gasteiger partial charge in [-0.15, -0.1) is 0 Å². The lowest BCUT2D eigenvalue weighted by Crippen LogP contribution is -2.30. The van der Waals surface area contributed by atoms with Crippen LogP contribution in [0.1, 0.15) is 69.8 Å². The molecule has 1 aliphatic rings. The number of nitrogens with zero attached hydrogens (tertiary/aromatic N) is 3. The van der Waals surface area contributed by atoms with Gasteiger partial charge in [0.1, 0.15) is 7.85 Å². The number of carbonyl (C=O) groups is 2. The van der Waals surface area contributed by atoms with Crippen LogP contribution in [0.15, 0.2) is 48.7 Å². The van der Waals surface area contributed by atoms with Crippen LogP contribution in [0, 0.1) is 6.92 Å². The van der Waals surface area contributed by atoms with E-state index in [0.717, 1.165) is 71.7 Å². The van der Waals surface area contributed by atoms with Crippen molar-refractivity contribution >= 4 is 41.8 Å². The van der Waals surface area contributed by atoms with Gasteiger partial charge in [-0.25, -0.2) is 9.67 Å². The fraction of sp³-hybridized carbons (Fsp3) is 0.375. The van der Waals surface area contributed by atoms with Crippen molar-refractivity contribution in [2.75, 3.05) is 18.5 Å². The van der Waals surface area contributed by atoms with Gasteiger partial charge in [-0.05, 0) is 62.4 Å². The molecule has 2 aromatic heterocycles. The molecule has 2 aromatic carbocycles.